The van der Waals surface area contributed by atoms with Crippen LogP contribution < -0.4 is 11.5 Å². The molecule has 1 atom stereocenters. The summed E-state index contributed by atoms with van der Waals surface area (Å²) in [6, 6.07) is 2.62. The summed E-state index contributed by atoms with van der Waals surface area (Å²) in [5, 5.41) is 10.5. The molecule has 2 aliphatic carbocycles. The Labute approximate surface area is 123 Å². The Morgan fingerprint density at radius 2 is 2.25 bits per heavy atom. The minimum absolute atomic E-state index is 0.155. The molecule has 0 amide bonds. The standard InChI is InChI=1S/C15H21N3OS/c16-8-15(5-10-1-2-10)4-3-11-12(7-19-9-17)14(18)20-13(11)6-15/h10H,1-7,9,17-18H2. The van der Waals surface area contributed by atoms with Crippen LogP contribution in [0.15, 0.2) is 0 Å². The maximum atomic E-state index is 9.64. The van der Waals surface area contributed by atoms with E-state index in [1.54, 1.807) is 11.3 Å². The van der Waals surface area contributed by atoms with Crippen molar-refractivity contribution in [1.82, 2.24) is 0 Å². The van der Waals surface area contributed by atoms with Crippen molar-refractivity contribution in [3.8, 4) is 6.07 Å². The predicted molar refractivity (Wildman–Crippen MR) is 80.0 cm³/mol. The molecule has 1 saturated carbocycles. The third kappa shape index (κ3) is 2.56. The predicted octanol–water partition coefficient (Wildman–Crippen LogP) is 2.56. The Kier molecular flexibility index (Phi) is 3.72. The van der Waals surface area contributed by atoms with E-state index in [1.165, 1.54) is 23.3 Å². The number of anilines is 1. The van der Waals surface area contributed by atoms with E-state index in [1.807, 2.05) is 0 Å². The van der Waals surface area contributed by atoms with Crippen molar-refractivity contribution >= 4 is 16.3 Å². The first-order valence-electron chi connectivity index (χ1n) is 7.25. The summed E-state index contributed by atoms with van der Waals surface area (Å²) < 4.78 is 5.32. The van der Waals surface area contributed by atoms with Gasteiger partial charge >= 0.3 is 0 Å². The number of nitrogens with zero attached hydrogens (tertiary/aromatic N) is 1. The summed E-state index contributed by atoms with van der Waals surface area (Å²) in [6.07, 6.45) is 6.45. The third-order valence-corrected chi connectivity index (χ3v) is 5.67. The molecule has 1 unspecified atom stereocenters. The van der Waals surface area contributed by atoms with E-state index in [9.17, 15) is 5.26 Å². The van der Waals surface area contributed by atoms with E-state index >= 15 is 0 Å². The monoisotopic (exact) mass is 291 g/mol. The number of thiophene rings is 1. The maximum absolute atomic E-state index is 9.64. The molecule has 1 heterocycles. The molecule has 1 aromatic rings. The number of nitriles is 1. The number of nitrogen functional groups attached to an aromatic ring is 1. The number of hydrogen-bond acceptors (Lipinski definition) is 5. The fourth-order valence-corrected chi connectivity index (χ4v) is 4.54. The summed E-state index contributed by atoms with van der Waals surface area (Å²) in [6.45, 7) is 0.713. The quantitative estimate of drug-likeness (QED) is 0.816. The van der Waals surface area contributed by atoms with Gasteiger partial charge in [0.2, 0.25) is 0 Å². The lowest BCUT2D eigenvalue weighted by atomic mass is 9.71. The molecule has 0 radical (unpaired) electrons. The lowest BCUT2D eigenvalue weighted by Gasteiger charge is -2.31. The van der Waals surface area contributed by atoms with Crippen LogP contribution in [0.3, 0.4) is 0 Å². The summed E-state index contributed by atoms with van der Waals surface area (Å²) >= 11 is 1.64. The minimum atomic E-state index is -0.155. The lowest BCUT2D eigenvalue weighted by Crippen LogP contribution is -2.27. The molecule has 0 aliphatic heterocycles. The van der Waals surface area contributed by atoms with Crippen molar-refractivity contribution < 1.29 is 4.74 Å². The molecule has 20 heavy (non-hydrogen) atoms. The Morgan fingerprint density at radius 3 is 2.90 bits per heavy atom. The highest BCUT2D eigenvalue weighted by Crippen LogP contribution is 2.49. The van der Waals surface area contributed by atoms with Gasteiger partial charge in [0.15, 0.2) is 0 Å². The molecule has 1 fully saturated rings. The molecule has 0 aromatic carbocycles. The Balaban J connectivity index is 1.82. The molecular formula is C15H21N3OS. The second-order valence-electron chi connectivity index (χ2n) is 6.08. The maximum Gasteiger partial charge on any atom is 0.0944 e. The van der Waals surface area contributed by atoms with E-state index in [4.69, 9.17) is 16.2 Å². The SMILES string of the molecule is N#CC1(CC2CC2)CCc2c(sc(N)c2COCN)C1. The van der Waals surface area contributed by atoms with E-state index in [2.05, 4.69) is 6.07 Å². The zero-order valence-corrected chi connectivity index (χ0v) is 12.5. The molecule has 4 N–H and O–H groups in total. The van der Waals surface area contributed by atoms with Crippen molar-refractivity contribution in [2.75, 3.05) is 12.5 Å². The number of fused-ring (bicyclic) bond motifs is 1. The van der Waals surface area contributed by atoms with Gasteiger partial charge < -0.3 is 16.2 Å². The zero-order valence-electron chi connectivity index (χ0n) is 11.7. The molecule has 4 nitrogen and oxygen atoms in total. The van der Waals surface area contributed by atoms with Crippen LogP contribution >= 0.6 is 11.3 Å². The van der Waals surface area contributed by atoms with Gasteiger partial charge in [-0.05, 0) is 30.7 Å². The minimum Gasteiger partial charge on any atom is -0.390 e. The van der Waals surface area contributed by atoms with Gasteiger partial charge in [0.05, 0.1) is 29.8 Å². The van der Waals surface area contributed by atoms with E-state index in [-0.39, 0.29) is 12.1 Å². The number of rotatable bonds is 5. The normalized spacial score (nSPS) is 25.2. The highest BCUT2D eigenvalue weighted by Gasteiger charge is 2.41. The molecule has 3 rings (SSSR count). The summed E-state index contributed by atoms with van der Waals surface area (Å²) in [4.78, 5) is 1.30. The van der Waals surface area contributed by atoms with Gasteiger partial charge in [-0.25, -0.2) is 0 Å². The van der Waals surface area contributed by atoms with Crippen molar-refractivity contribution in [3.05, 3.63) is 16.0 Å². The zero-order chi connectivity index (χ0) is 14.2. The van der Waals surface area contributed by atoms with Gasteiger partial charge in [-0.3, -0.25) is 0 Å². The molecule has 0 bridgehead atoms. The molecular weight excluding hydrogens is 270 g/mol. The van der Waals surface area contributed by atoms with Crippen molar-refractivity contribution in [3.63, 3.8) is 0 Å². The average Bonchev–Trinajstić information content (AvgIpc) is 3.19. The van der Waals surface area contributed by atoms with Crippen molar-refractivity contribution in [2.45, 2.75) is 45.1 Å². The average molecular weight is 291 g/mol. The highest BCUT2D eigenvalue weighted by molar-refractivity contribution is 7.16. The van der Waals surface area contributed by atoms with Crippen molar-refractivity contribution in [2.24, 2.45) is 17.1 Å². The molecule has 2 aliphatic rings. The smallest absolute Gasteiger partial charge is 0.0944 e. The highest BCUT2D eigenvalue weighted by atomic mass is 32.1. The molecule has 0 saturated heterocycles. The van der Waals surface area contributed by atoms with E-state index < -0.39 is 0 Å². The fraction of sp³-hybridized carbons (Fsp3) is 0.667. The first kappa shape index (κ1) is 13.9. The van der Waals surface area contributed by atoms with Crippen LogP contribution in [-0.4, -0.2) is 6.73 Å². The molecule has 0 spiro atoms. The van der Waals surface area contributed by atoms with Crippen LogP contribution in [0.1, 0.15) is 41.7 Å². The van der Waals surface area contributed by atoms with Gasteiger partial charge in [0.1, 0.15) is 0 Å². The van der Waals surface area contributed by atoms with Gasteiger partial charge in [-0.1, -0.05) is 12.8 Å². The number of hydrogen-bond donors (Lipinski definition) is 2. The summed E-state index contributed by atoms with van der Waals surface area (Å²) in [5.74, 6) is 0.786. The Hall–Kier alpha value is -1.09. The largest absolute Gasteiger partial charge is 0.390 e. The van der Waals surface area contributed by atoms with Crippen LogP contribution in [0.4, 0.5) is 5.00 Å². The number of ether oxygens (including phenoxy) is 1. The molecule has 108 valence electrons. The number of nitrogens with two attached hydrogens (primary N) is 2. The van der Waals surface area contributed by atoms with E-state index in [0.717, 1.165) is 42.2 Å². The first-order valence-corrected chi connectivity index (χ1v) is 8.07. The van der Waals surface area contributed by atoms with Crippen LogP contribution in [0.25, 0.3) is 0 Å². The van der Waals surface area contributed by atoms with Crippen LogP contribution in [0.2, 0.25) is 0 Å². The van der Waals surface area contributed by atoms with Gasteiger partial charge in [0, 0.05) is 16.9 Å². The van der Waals surface area contributed by atoms with Crippen molar-refractivity contribution in [1.29, 1.82) is 5.26 Å². The van der Waals surface area contributed by atoms with Gasteiger partial charge in [0.25, 0.3) is 0 Å². The van der Waals surface area contributed by atoms with E-state index in [0.29, 0.717) is 6.61 Å². The topological polar surface area (TPSA) is 85.1 Å². The molecule has 5 heteroatoms. The van der Waals surface area contributed by atoms with Crippen LogP contribution in [0.5, 0.6) is 0 Å². The Morgan fingerprint density at radius 1 is 1.45 bits per heavy atom. The fourth-order valence-electron chi connectivity index (χ4n) is 3.28. The summed E-state index contributed by atoms with van der Waals surface area (Å²) in [7, 11) is 0. The second-order valence-corrected chi connectivity index (χ2v) is 7.21. The third-order valence-electron chi connectivity index (χ3n) is 4.56. The Bertz CT molecular complexity index is 544. The summed E-state index contributed by atoms with van der Waals surface area (Å²) in [5.41, 5.74) is 13.8. The second kappa shape index (κ2) is 5.36. The first-order chi connectivity index (χ1) is 9.67. The van der Waals surface area contributed by atoms with Gasteiger partial charge in [-0.2, -0.15) is 5.26 Å². The van der Waals surface area contributed by atoms with Gasteiger partial charge in [-0.15, -0.1) is 11.3 Å². The van der Waals surface area contributed by atoms with Crippen LogP contribution in [0, 0.1) is 22.7 Å². The lowest BCUT2D eigenvalue weighted by molar-refractivity contribution is 0.127. The van der Waals surface area contributed by atoms with Crippen LogP contribution in [-0.2, 0) is 24.2 Å². The molecule has 1 aromatic heterocycles.